The third-order valence-corrected chi connectivity index (χ3v) is 7.13. The van der Waals surface area contributed by atoms with Gasteiger partial charge in [0.2, 0.25) is 0 Å². The highest BCUT2D eigenvalue weighted by atomic mass is 35.5. The van der Waals surface area contributed by atoms with Gasteiger partial charge in [-0.2, -0.15) is 11.3 Å². The van der Waals surface area contributed by atoms with Crippen LogP contribution in [0, 0.1) is 0 Å². The number of ether oxygens (including phenoxy) is 1. The minimum Gasteiger partial charge on any atom is -0.487 e. The first-order valence-corrected chi connectivity index (χ1v) is 11.2. The zero-order valence-corrected chi connectivity index (χ0v) is 18.6. The number of anilines is 1. The summed E-state index contributed by atoms with van der Waals surface area (Å²) in [5.41, 5.74) is 2.73. The second-order valence-corrected chi connectivity index (χ2v) is 9.15. The molecule has 0 aliphatic heterocycles. The Morgan fingerprint density at radius 3 is 2.73 bits per heavy atom. The van der Waals surface area contributed by atoms with E-state index in [9.17, 15) is 14.7 Å². The highest BCUT2D eigenvalue weighted by Gasteiger charge is 2.25. The molecule has 10 heteroatoms. The fraction of sp³-hybridized carbons (Fsp3) is 0.150. The predicted molar refractivity (Wildman–Crippen MR) is 120 cm³/mol. The number of thiophene rings is 1. The maximum Gasteiger partial charge on any atom is 0.335 e. The van der Waals surface area contributed by atoms with Gasteiger partial charge in [-0.15, -0.1) is 0 Å². The number of amides is 1. The standard InChI is InChI=1S/C20H14Cl2N2O4S2/c1-9-4-12(16(22)15(9)21)18(25)24-20-23-17-13(28-7-10-2-3-29-8-10)5-11(19(26)27)6-14(17)30-20/h2-3,5-6,8H,4,7H2,1H3,(H,26,27)(H,23,24,25). The first-order chi connectivity index (χ1) is 14.3. The fourth-order valence-corrected chi connectivity index (χ4v) is 4.98. The molecular weight excluding hydrogens is 467 g/mol. The number of aromatic carboxylic acids is 1. The lowest BCUT2D eigenvalue weighted by Crippen LogP contribution is -2.14. The van der Waals surface area contributed by atoms with E-state index < -0.39 is 11.9 Å². The van der Waals surface area contributed by atoms with Crippen molar-refractivity contribution in [3.63, 3.8) is 0 Å². The average molecular weight is 481 g/mol. The molecule has 1 aliphatic carbocycles. The van der Waals surface area contributed by atoms with Crippen molar-refractivity contribution < 1.29 is 19.4 Å². The maximum absolute atomic E-state index is 12.6. The molecule has 2 N–H and O–H groups in total. The Morgan fingerprint density at radius 1 is 1.30 bits per heavy atom. The predicted octanol–water partition coefficient (Wildman–Crippen LogP) is 5.98. The van der Waals surface area contributed by atoms with Crippen LogP contribution in [0.15, 0.2) is 50.2 Å². The van der Waals surface area contributed by atoms with Crippen LogP contribution in [0.25, 0.3) is 10.2 Å². The molecule has 2 heterocycles. The topological polar surface area (TPSA) is 88.5 Å². The largest absolute Gasteiger partial charge is 0.487 e. The van der Waals surface area contributed by atoms with Crippen LogP contribution in [0.4, 0.5) is 5.13 Å². The molecule has 1 aliphatic rings. The maximum atomic E-state index is 12.6. The zero-order chi connectivity index (χ0) is 21.4. The third kappa shape index (κ3) is 4.09. The van der Waals surface area contributed by atoms with Gasteiger partial charge in [0.25, 0.3) is 5.91 Å². The van der Waals surface area contributed by atoms with Gasteiger partial charge in [-0.3, -0.25) is 10.1 Å². The molecule has 154 valence electrons. The SMILES string of the molecule is CC1=C(Cl)C(Cl)=C(C(=O)Nc2nc3c(OCc4ccsc4)cc(C(=O)O)cc3s2)C1. The third-order valence-electron chi connectivity index (χ3n) is 4.45. The monoisotopic (exact) mass is 480 g/mol. The van der Waals surface area contributed by atoms with Crippen LogP contribution >= 0.6 is 45.9 Å². The second kappa shape index (κ2) is 8.39. The Bertz CT molecular complexity index is 1230. The average Bonchev–Trinajstić information content (AvgIpc) is 3.42. The summed E-state index contributed by atoms with van der Waals surface area (Å²) in [4.78, 5) is 28.6. The van der Waals surface area contributed by atoms with Crippen LogP contribution < -0.4 is 10.1 Å². The van der Waals surface area contributed by atoms with Crippen LogP contribution in [0.2, 0.25) is 0 Å². The number of nitrogens with zero attached hydrogens (tertiary/aromatic N) is 1. The van der Waals surface area contributed by atoms with Gasteiger partial charge in [0.05, 0.1) is 20.3 Å². The van der Waals surface area contributed by atoms with E-state index in [1.807, 2.05) is 23.8 Å². The normalized spacial score (nSPS) is 14.0. The smallest absolute Gasteiger partial charge is 0.335 e. The van der Waals surface area contributed by atoms with Crippen molar-refractivity contribution in [3.8, 4) is 5.75 Å². The number of benzene rings is 1. The molecule has 30 heavy (non-hydrogen) atoms. The quantitative estimate of drug-likeness (QED) is 0.452. The van der Waals surface area contributed by atoms with Gasteiger partial charge in [-0.25, -0.2) is 9.78 Å². The molecule has 2 aromatic heterocycles. The number of carbonyl (C=O) groups is 2. The van der Waals surface area contributed by atoms with Crippen LogP contribution in [-0.4, -0.2) is 22.0 Å². The van der Waals surface area contributed by atoms with Crippen molar-refractivity contribution in [3.05, 3.63) is 61.3 Å². The molecule has 1 aromatic carbocycles. The van der Waals surface area contributed by atoms with Gasteiger partial charge in [-0.1, -0.05) is 34.5 Å². The molecule has 0 unspecified atom stereocenters. The number of hydrogen-bond acceptors (Lipinski definition) is 6. The Morgan fingerprint density at radius 2 is 2.10 bits per heavy atom. The fourth-order valence-electron chi connectivity index (χ4n) is 2.91. The number of fused-ring (bicyclic) bond motifs is 1. The van der Waals surface area contributed by atoms with Crippen molar-refractivity contribution in [1.29, 1.82) is 0 Å². The van der Waals surface area contributed by atoms with E-state index in [4.69, 9.17) is 27.9 Å². The van der Waals surface area contributed by atoms with Crippen LogP contribution in [-0.2, 0) is 11.4 Å². The molecule has 1 amide bonds. The van der Waals surface area contributed by atoms with E-state index in [1.54, 1.807) is 11.3 Å². The number of allylic oxidation sites excluding steroid dienone is 3. The molecule has 0 saturated heterocycles. The van der Waals surface area contributed by atoms with E-state index in [0.29, 0.717) is 38.1 Å². The van der Waals surface area contributed by atoms with Gasteiger partial charge in [0, 0.05) is 12.0 Å². The summed E-state index contributed by atoms with van der Waals surface area (Å²) in [6.07, 6.45) is 0.368. The van der Waals surface area contributed by atoms with Gasteiger partial charge >= 0.3 is 5.97 Å². The Labute approximate surface area is 189 Å². The van der Waals surface area contributed by atoms with E-state index >= 15 is 0 Å². The van der Waals surface area contributed by atoms with Crippen molar-refractivity contribution in [2.24, 2.45) is 0 Å². The Kier molecular flexibility index (Phi) is 5.84. The lowest BCUT2D eigenvalue weighted by Gasteiger charge is -2.07. The van der Waals surface area contributed by atoms with E-state index in [2.05, 4.69) is 10.3 Å². The minimum absolute atomic E-state index is 0.0810. The number of carbonyl (C=O) groups excluding carboxylic acids is 1. The molecule has 3 aromatic rings. The number of rotatable bonds is 6. The summed E-state index contributed by atoms with van der Waals surface area (Å²) in [5, 5.41) is 17.0. The number of carboxylic acid groups (broad SMARTS) is 1. The minimum atomic E-state index is -1.07. The molecular formula is C20H14Cl2N2O4S2. The van der Waals surface area contributed by atoms with E-state index in [1.165, 1.54) is 12.1 Å². The summed E-state index contributed by atoms with van der Waals surface area (Å²) in [5.74, 6) is -1.13. The van der Waals surface area contributed by atoms with Crippen LogP contribution in [0.1, 0.15) is 29.3 Å². The van der Waals surface area contributed by atoms with Crippen molar-refractivity contribution >= 4 is 73.1 Å². The van der Waals surface area contributed by atoms with E-state index in [-0.39, 0.29) is 17.2 Å². The van der Waals surface area contributed by atoms with Crippen LogP contribution in [0.5, 0.6) is 5.75 Å². The molecule has 0 atom stereocenters. The Hall–Kier alpha value is -2.39. The number of hydrogen-bond donors (Lipinski definition) is 2. The molecule has 0 spiro atoms. The Balaban J connectivity index is 1.63. The van der Waals surface area contributed by atoms with Crippen LogP contribution in [0.3, 0.4) is 0 Å². The molecule has 0 fully saturated rings. The first-order valence-electron chi connectivity index (χ1n) is 8.71. The number of carboxylic acids is 1. The molecule has 0 saturated carbocycles. The number of nitrogens with one attached hydrogen (secondary N) is 1. The summed E-state index contributed by atoms with van der Waals surface area (Å²) in [6, 6.07) is 4.87. The van der Waals surface area contributed by atoms with Gasteiger partial charge in [0.15, 0.2) is 5.13 Å². The van der Waals surface area contributed by atoms with Gasteiger partial charge in [-0.05, 0) is 47.0 Å². The molecule has 4 rings (SSSR count). The molecule has 0 radical (unpaired) electrons. The highest BCUT2D eigenvalue weighted by molar-refractivity contribution is 7.22. The summed E-state index contributed by atoms with van der Waals surface area (Å²) >= 11 is 15.0. The lowest BCUT2D eigenvalue weighted by molar-refractivity contribution is -0.112. The summed E-state index contributed by atoms with van der Waals surface area (Å²) in [6.45, 7) is 2.10. The van der Waals surface area contributed by atoms with Crippen molar-refractivity contribution in [2.75, 3.05) is 5.32 Å². The number of halogens is 2. The molecule has 0 bridgehead atoms. The summed E-state index contributed by atoms with van der Waals surface area (Å²) in [7, 11) is 0. The number of aromatic nitrogens is 1. The number of thiazole rings is 1. The molecule has 6 nitrogen and oxygen atoms in total. The van der Waals surface area contributed by atoms with Crippen molar-refractivity contribution in [2.45, 2.75) is 20.0 Å². The summed E-state index contributed by atoms with van der Waals surface area (Å²) < 4.78 is 6.43. The first kappa shape index (κ1) is 20.9. The van der Waals surface area contributed by atoms with E-state index in [0.717, 1.165) is 22.5 Å². The second-order valence-electron chi connectivity index (χ2n) is 6.58. The zero-order valence-electron chi connectivity index (χ0n) is 15.5. The van der Waals surface area contributed by atoms with Crippen molar-refractivity contribution in [1.82, 2.24) is 4.98 Å². The van der Waals surface area contributed by atoms with Gasteiger partial charge in [0.1, 0.15) is 17.9 Å². The lowest BCUT2D eigenvalue weighted by atomic mass is 10.1. The van der Waals surface area contributed by atoms with Gasteiger partial charge < -0.3 is 9.84 Å². The highest BCUT2D eigenvalue weighted by Crippen LogP contribution is 2.39.